The lowest BCUT2D eigenvalue weighted by Crippen LogP contribution is -2.47. The van der Waals surface area contributed by atoms with Crippen molar-refractivity contribution in [2.75, 3.05) is 49.5 Å². The molecule has 0 aromatic carbocycles. The van der Waals surface area contributed by atoms with Crippen molar-refractivity contribution in [2.45, 2.75) is 38.8 Å². The van der Waals surface area contributed by atoms with Crippen molar-refractivity contribution in [2.24, 2.45) is 0 Å². The summed E-state index contributed by atoms with van der Waals surface area (Å²) in [5.41, 5.74) is 1.03. The van der Waals surface area contributed by atoms with Crippen LogP contribution in [0.25, 0.3) is 10.6 Å². The van der Waals surface area contributed by atoms with Gasteiger partial charge in [0.15, 0.2) is 5.13 Å². The molecule has 1 N–H and O–H groups in total. The Hall–Kier alpha value is -2.15. The van der Waals surface area contributed by atoms with Gasteiger partial charge in [0.1, 0.15) is 22.1 Å². The number of hydrogen-bond donors (Lipinski definition) is 1. The van der Waals surface area contributed by atoms with Crippen LogP contribution in [0, 0.1) is 0 Å². The zero-order valence-electron chi connectivity index (χ0n) is 21.0. The van der Waals surface area contributed by atoms with Gasteiger partial charge in [-0.15, -0.1) is 11.3 Å². The number of thiophene rings is 1. The number of rotatable bonds is 9. The molecule has 9 nitrogen and oxygen atoms in total. The van der Waals surface area contributed by atoms with Crippen LogP contribution in [-0.4, -0.2) is 82.3 Å². The summed E-state index contributed by atoms with van der Waals surface area (Å²) in [4.78, 5) is 46.0. The highest BCUT2D eigenvalue weighted by Gasteiger charge is 2.25. The highest BCUT2D eigenvalue weighted by atomic mass is 35.5. The third kappa shape index (κ3) is 6.35. The number of halogens is 2. The minimum Gasteiger partial charge on any atom is -0.353 e. The molecule has 1 unspecified atom stereocenters. The molecule has 5 heterocycles. The maximum Gasteiger partial charge on any atom is 0.277 e. The lowest BCUT2D eigenvalue weighted by molar-refractivity contribution is -0.108. The third-order valence-electron chi connectivity index (χ3n) is 6.96. The fourth-order valence-electron chi connectivity index (χ4n) is 4.78. The topological polar surface area (TPSA) is 94.6 Å². The Kier molecular flexibility index (Phi) is 8.91. The number of piperazine rings is 1. The summed E-state index contributed by atoms with van der Waals surface area (Å²) in [7, 11) is 0. The summed E-state index contributed by atoms with van der Waals surface area (Å²) in [5.74, 6) is 0.382. The summed E-state index contributed by atoms with van der Waals surface area (Å²) in [5, 5.41) is 3.92. The van der Waals surface area contributed by atoms with Crippen molar-refractivity contribution < 1.29 is 9.59 Å². The molecule has 13 heteroatoms. The number of carbonyl (C=O) groups excluding carboxylic acids is 2. The molecule has 0 saturated carbocycles. The van der Waals surface area contributed by atoms with Gasteiger partial charge in [-0.05, 0) is 32.4 Å². The van der Waals surface area contributed by atoms with E-state index in [0.29, 0.717) is 27.0 Å². The SMILES string of the molecule is CC1CCCN1Cc1sc(NC(=O)c2cnc(N3CCN(CCC=O)CC3)cn2)nc1-c1cc(Cl)c(Cl)s1. The molecule has 1 amide bonds. The second-order valence-corrected chi connectivity index (χ2v) is 12.6. The minimum absolute atomic E-state index is 0.229. The normalized spacial score (nSPS) is 18.7. The molecule has 1 atom stereocenters. The Labute approximate surface area is 239 Å². The quantitative estimate of drug-likeness (QED) is 0.349. The van der Waals surface area contributed by atoms with Crippen LogP contribution in [0.1, 0.15) is 41.6 Å². The van der Waals surface area contributed by atoms with Gasteiger partial charge in [-0.2, -0.15) is 0 Å². The number of anilines is 2. The monoisotopic (exact) mass is 593 g/mol. The molecule has 3 aromatic heterocycles. The largest absolute Gasteiger partial charge is 0.353 e. The number of amides is 1. The molecule has 0 radical (unpaired) electrons. The highest BCUT2D eigenvalue weighted by Crippen LogP contribution is 2.42. The van der Waals surface area contributed by atoms with E-state index < -0.39 is 0 Å². The minimum atomic E-state index is -0.355. The molecule has 0 spiro atoms. The van der Waals surface area contributed by atoms with E-state index >= 15 is 0 Å². The number of aldehydes is 1. The number of nitrogens with one attached hydrogen (secondary N) is 1. The van der Waals surface area contributed by atoms with E-state index in [1.54, 1.807) is 6.20 Å². The van der Waals surface area contributed by atoms with Gasteiger partial charge in [0.25, 0.3) is 5.91 Å². The van der Waals surface area contributed by atoms with Crippen LogP contribution >= 0.6 is 45.9 Å². The first kappa shape index (κ1) is 27.4. The molecule has 202 valence electrons. The summed E-state index contributed by atoms with van der Waals surface area (Å²) in [6, 6.07) is 2.34. The van der Waals surface area contributed by atoms with Crippen molar-refractivity contribution in [1.29, 1.82) is 0 Å². The average molecular weight is 595 g/mol. The van der Waals surface area contributed by atoms with Gasteiger partial charge >= 0.3 is 0 Å². The van der Waals surface area contributed by atoms with Gasteiger partial charge < -0.3 is 9.69 Å². The van der Waals surface area contributed by atoms with E-state index in [4.69, 9.17) is 28.2 Å². The molecule has 5 rings (SSSR count). The molecule has 2 fully saturated rings. The Balaban J connectivity index is 1.27. The van der Waals surface area contributed by atoms with Crippen molar-refractivity contribution in [1.82, 2.24) is 24.8 Å². The first-order valence-electron chi connectivity index (χ1n) is 12.6. The number of aromatic nitrogens is 3. The lowest BCUT2D eigenvalue weighted by atomic mass is 10.2. The number of carbonyl (C=O) groups is 2. The van der Waals surface area contributed by atoms with Gasteiger partial charge in [0.05, 0.1) is 28.0 Å². The fourth-order valence-corrected chi connectivity index (χ4v) is 7.23. The van der Waals surface area contributed by atoms with E-state index in [9.17, 15) is 9.59 Å². The lowest BCUT2D eigenvalue weighted by Gasteiger charge is -2.34. The first-order chi connectivity index (χ1) is 18.4. The fraction of sp³-hybridized carbons (Fsp3) is 0.480. The van der Waals surface area contributed by atoms with Gasteiger partial charge in [-0.1, -0.05) is 34.5 Å². The smallest absolute Gasteiger partial charge is 0.277 e. The predicted octanol–water partition coefficient (Wildman–Crippen LogP) is 4.92. The Morgan fingerprint density at radius 2 is 1.97 bits per heavy atom. The van der Waals surface area contributed by atoms with E-state index in [1.807, 2.05) is 6.07 Å². The summed E-state index contributed by atoms with van der Waals surface area (Å²) >= 11 is 15.3. The molecule has 3 aromatic rings. The molecule has 2 aliphatic heterocycles. The Morgan fingerprint density at radius 3 is 2.61 bits per heavy atom. The van der Waals surface area contributed by atoms with E-state index in [-0.39, 0.29) is 11.6 Å². The van der Waals surface area contributed by atoms with E-state index in [0.717, 1.165) is 73.4 Å². The standard InChI is InChI=1S/C25H29Cl2N7O2S2/c1-16-4-2-6-34(16)15-20-22(19-12-17(26)23(27)37-19)30-25(38-20)31-24(36)18-13-29-21(14-28-18)33-9-7-32(8-10-33)5-3-11-35/h11-14,16H,2-10,15H2,1H3,(H,30,31,36). The Morgan fingerprint density at radius 1 is 1.16 bits per heavy atom. The van der Waals surface area contributed by atoms with Crippen LogP contribution in [0.4, 0.5) is 10.9 Å². The summed E-state index contributed by atoms with van der Waals surface area (Å²) in [6.07, 6.45) is 7.01. The number of nitrogens with zero attached hydrogens (tertiary/aromatic N) is 6. The van der Waals surface area contributed by atoms with Crippen molar-refractivity contribution >= 4 is 69.0 Å². The van der Waals surface area contributed by atoms with Crippen LogP contribution in [-0.2, 0) is 11.3 Å². The molecule has 38 heavy (non-hydrogen) atoms. The van der Waals surface area contributed by atoms with Gasteiger partial charge in [-0.25, -0.2) is 15.0 Å². The highest BCUT2D eigenvalue weighted by molar-refractivity contribution is 7.21. The van der Waals surface area contributed by atoms with E-state index in [1.165, 1.54) is 41.7 Å². The van der Waals surface area contributed by atoms with Crippen LogP contribution in [0.5, 0.6) is 0 Å². The molecule has 0 bridgehead atoms. The van der Waals surface area contributed by atoms with Crippen LogP contribution in [0.3, 0.4) is 0 Å². The van der Waals surface area contributed by atoms with Gasteiger partial charge in [-0.3, -0.25) is 19.9 Å². The van der Waals surface area contributed by atoms with Gasteiger partial charge in [0, 0.05) is 56.6 Å². The molecular formula is C25H29Cl2N7O2S2. The molecule has 0 aliphatic carbocycles. The van der Waals surface area contributed by atoms with Crippen molar-refractivity contribution in [3.8, 4) is 10.6 Å². The van der Waals surface area contributed by atoms with Crippen LogP contribution in [0.15, 0.2) is 18.5 Å². The Bertz CT molecular complexity index is 1260. The number of likely N-dealkylation sites (tertiary alicyclic amines) is 1. The summed E-state index contributed by atoms with van der Waals surface area (Å²) in [6.45, 7) is 8.16. The zero-order valence-corrected chi connectivity index (χ0v) is 24.2. The maximum atomic E-state index is 13.0. The maximum absolute atomic E-state index is 13.0. The third-order valence-corrected chi connectivity index (χ3v) is 9.79. The zero-order chi connectivity index (χ0) is 26.6. The molecule has 2 saturated heterocycles. The predicted molar refractivity (Wildman–Crippen MR) is 154 cm³/mol. The second kappa shape index (κ2) is 12.4. The van der Waals surface area contributed by atoms with Crippen molar-refractivity contribution in [3.05, 3.63) is 38.4 Å². The van der Waals surface area contributed by atoms with Crippen LogP contribution in [0.2, 0.25) is 9.36 Å². The van der Waals surface area contributed by atoms with Crippen LogP contribution < -0.4 is 10.2 Å². The number of thiazole rings is 1. The van der Waals surface area contributed by atoms with Gasteiger partial charge in [0.2, 0.25) is 0 Å². The van der Waals surface area contributed by atoms with E-state index in [2.05, 4.69) is 36.9 Å². The second-order valence-electron chi connectivity index (χ2n) is 9.48. The first-order valence-corrected chi connectivity index (χ1v) is 15.0. The summed E-state index contributed by atoms with van der Waals surface area (Å²) < 4.78 is 0.526. The van der Waals surface area contributed by atoms with Crippen molar-refractivity contribution in [3.63, 3.8) is 0 Å². The average Bonchev–Trinajstić information content (AvgIpc) is 3.62. The number of hydrogen-bond acceptors (Lipinski definition) is 10. The molecular weight excluding hydrogens is 565 g/mol. The molecule has 2 aliphatic rings.